The third-order valence-corrected chi connectivity index (χ3v) is 4.26. The van der Waals surface area contributed by atoms with Crippen molar-refractivity contribution in [3.63, 3.8) is 0 Å². The van der Waals surface area contributed by atoms with E-state index in [1.807, 2.05) is 0 Å². The zero-order chi connectivity index (χ0) is 14.9. The SMILES string of the molecule is O=c1[nH]cc(S(=O)(=O)Nc2ccc(F)cc2Cl)cc1Cl. The van der Waals surface area contributed by atoms with E-state index >= 15 is 0 Å². The lowest BCUT2D eigenvalue weighted by atomic mass is 10.3. The molecule has 2 aromatic rings. The van der Waals surface area contributed by atoms with Crippen LogP contribution in [0.25, 0.3) is 0 Å². The van der Waals surface area contributed by atoms with Gasteiger partial charge >= 0.3 is 0 Å². The first kappa shape index (κ1) is 14.8. The molecule has 0 amide bonds. The Morgan fingerprint density at radius 2 is 1.85 bits per heavy atom. The summed E-state index contributed by atoms with van der Waals surface area (Å²) in [7, 11) is -4.00. The summed E-state index contributed by atoms with van der Waals surface area (Å²) in [6.07, 6.45) is 0.994. The van der Waals surface area contributed by atoms with E-state index in [2.05, 4.69) is 9.71 Å². The third kappa shape index (κ3) is 3.12. The van der Waals surface area contributed by atoms with Crippen molar-refractivity contribution >= 4 is 38.9 Å². The van der Waals surface area contributed by atoms with Crippen LogP contribution in [0.5, 0.6) is 0 Å². The number of anilines is 1. The summed E-state index contributed by atoms with van der Waals surface area (Å²) >= 11 is 11.3. The van der Waals surface area contributed by atoms with E-state index in [4.69, 9.17) is 23.2 Å². The van der Waals surface area contributed by atoms with Crippen molar-refractivity contribution in [3.05, 3.63) is 56.7 Å². The first-order valence-corrected chi connectivity index (χ1v) is 7.39. The number of halogens is 3. The second-order valence-corrected chi connectivity index (χ2v) is 6.24. The number of sulfonamides is 1. The van der Waals surface area contributed by atoms with E-state index < -0.39 is 21.4 Å². The zero-order valence-corrected chi connectivity index (χ0v) is 12.0. The van der Waals surface area contributed by atoms with Gasteiger partial charge in [-0.05, 0) is 24.3 Å². The van der Waals surface area contributed by atoms with Crippen molar-refractivity contribution in [3.8, 4) is 0 Å². The summed E-state index contributed by atoms with van der Waals surface area (Å²) < 4.78 is 39.2. The predicted octanol–water partition coefficient (Wildman–Crippen LogP) is 2.62. The van der Waals surface area contributed by atoms with E-state index in [0.29, 0.717) is 0 Å². The Hall–Kier alpha value is -1.57. The van der Waals surface area contributed by atoms with Crippen LogP contribution in [0.3, 0.4) is 0 Å². The number of aromatic amines is 1. The maximum absolute atomic E-state index is 12.9. The lowest BCUT2D eigenvalue weighted by molar-refractivity contribution is 0.600. The van der Waals surface area contributed by atoms with Crippen molar-refractivity contribution < 1.29 is 12.8 Å². The largest absolute Gasteiger partial charge is 0.326 e. The number of nitrogens with one attached hydrogen (secondary N) is 2. The van der Waals surface area contributed by atoms with Crippen LogP contribution in [-0.2, 0) is 10.0 Å². The number of pyridine rings is 1. The van der Waals surface area contributed by atoms with Gasteiger partial charge in [-0.15, -0.1) is 0 Å². The minimum absolute atomic E-state index is 0.00962. The first-order chi connectivity index (χ1) is 9.29. The Morgan fingerprint density at radius 1 is 1.15 bits per heavy atom. The van der Waals surface area contributed by atoms with E-state index in [1.54, 1.807) is 0 Å². The standard InChI is InChI=1S/C11H7Cl2FN2O3S/c12-8-3-6(14)1-2-10(8)16-20(18,19)7-4-9(13)11(17)15-5-7/h1-5,16H,(H,15,17). The molecule has 1 heterocycles. The van der Waals surface area contributed by atoms with Gasteiger partial charge in [0, 0.05) is 6.20 Å². The van der Waals surface area contributed by atoms with Gasteiger partial charge in [0.25, 0.3) is 15.6 Å². The summed E-state index contributed by atoms with van der Waals surface area (Å²) in [4.78, 5) is 13.0. The smallest absolute Gasteiger partial charge is 0.266 e. The molecule has 106 valence electrons. The Bertz CT molecular complexity index is 821. The van der Waals surface area contributed by atoms with Gasteiger partial charge in [0.15, 0.2) is 0 Å². The fourth-order valence-corrected chi connectivity index (χ4v) is 2.95. The average molecular weight is 337 g/mol. The molecule has 0 fully saturated rings. The third-order valence-electron chi connectivity index (χ3n) is 2.32. The number of hydrogen-bond acceptors (Lipinski definition) is 3. The molecule has 0 spiro atoms. The normalized spacial score (nSPS) is 11.3. The second kappa shape index (κ2) is 5.43. The van der Waals surface area contributed by atoms with Gasteiger partial charge in [-0.25, -0.2) is 12.8 Å². The molecule has 9 heteroatoms. The molecule has 0 aliphatic rings. The van der Waals surface area contributed by atoms with Crippen molar-refractivity contribution in [2.24, 2.45) is 0 Å². The van der Waals surface area contributed by atoms with Gasteiger partial charge < -0.3 is 4.98 Å². The number of rotatable bonds is 3. The molecule has 2 rings (SSSR count). The average Bonchev–Trinajstić information content (AvgIpc) is 2.36. The van der Waals surface area contributed by atoms with Crippen molar-refractivity contribution in [2.45, 2.75) is 4.90 Å². The molecular weight excluding hydrogens is 330 g/mol. The monoisotopic (exact) mass is 336 g/mol. The molecular formula is C11H7Cl2FN2O3S. The highest BCUT2D eigenvalue weighted by Gasteiger charge is 2.17. The lowest BCUT2D eigenvalue weighted by Crippen LogP contribution is -2.16. The van der Waals surface area contributed by atoms with Gasteiger partial charge in [-0.1, -0.05) is 23.2 Å². The Labute approximate surface area is 123 Å². The van der Waals surface area contributed by atoms with Crippen LogP contribution in [0.4, 0.5) is 10.1 Å². The molecule has 0 saturated heterocycles. The number of benzene rings is 1. The minimum Gasteiger partial charge on any atom is -0.326 e. The molecule has 0 bridgehead atoms. The van der Waals surface area contributed by atoms with Gasteiger partial charge in [0.05, 0.1) is 10.7 Å². The summed E-state index contributed by atoms with van der Waals surface area (Å²) in [5, 5.41) is -0.359. The Kier molecular flexibility index (Phi) is 4.03. The summed E-state index contributed by atoms with van der Waals surface area (Å²) in [6, 6.07) is 4.21. The van der Waals surface area contributed by atoms with E-state index in [0.717, 1.165) is 24.4 Å². The number of aromatic nitrogens is 1. The zero-order valence-electron chi connectivity index (χ0n) is 9.65. The van der Waals surface area contributed by atoms with Crippen LogP contribution in [0.1, 0.15) is 0 Å². The van der Waals surface area contributed by atoms with Gasteiger partial charge in [-0.3, -0.25) is 9.52 Å². The fourth-order valence-electron chi connectivity index (χ4n) is 1.37. The highest BCUT2D eigenvalue weighted by atomic mass is 35.5. The van der Waals surface area contributed by atoms with Crippen LogP contribution >= 0.6 is 23.2 Å². The fraction of sp³-hybridized carbons (Fsp3) is 0. The van der Waals surface area contributed by atoms with E-state index in [-0.39, 0.29) is 20.6 Å². The van der Waals surface area contributed by atoms with Crippen molar-refractivity contribution in [1.82, 2.24) is 4.98 Å². The highest BCUT2D eigenvalue weighted by Crippen LogP contribution is 2.25. The van der Waals surface area contributed by atoms with E-state index in [9.17, 15) is 17.6 Å². The molecule has 0 unspecified atom stereocenters. The molecule has 5 nitrogen and oxygen atoms in total. The molecule has 0 saturated carbocycles. The highest BCUT2D eigenvalue weighted by molar-refractivity contribution is 7.92. The number of hydrogen-bond donors (Lipinski definition) is 2. The summed E-state index contributed by atoms with van der Waals surface area (Å²) in [5.41, 5.74) is -0.596. The van der Waals surface area contributed by atoms with Crippen LogP contribution in [0.2, 0.25) is 10.0 Å². The molecule has 0 aliphatic carbocycles. The molecule has 20 heavy (non-hydrogen) atoms. The van der Waals surface area contributed by atoms with E-state index in [1.165, 1.54) is 6.07 Å². The van der Waals surface area contributed by atoms with Gasteiger partial charge in [-0.2, -0.15) is 0 Å². The van der Waals surface area contributed by atoms with Crippen molar-refractivity contribution in [2.75, 3.05) is 4.72 Å². The first-order valence-electron chi connectivity index (χ1n) is 5.16. The Balaban J connectivity index is 2.40. The Morgan fingerprint density at radius 3 is 2.45 bits per heavy atom. The van der Waals surface area contributed by atoms with Crippen molar-refractivity contribution in [1.29, 1.82) is 0 Å². The van der Waals surface area contributed by atoms with Gasteiger partial charge in [0.2, 0.25) is 0 Å². The summed E-state index contributed by atoms with van der Waals surface area (Å²) in [5.74, 6) is -0.593. The molecule has 0 atom stereocenters. The number of H-pyrrole nitrogens is 1. The van der Waals surface area contributed by atoms with Crippen LogP contribution in [0, 0.1) is 5.82 Å². The molecule has 0 radical (unpaired) electrons. The van der Waals surface area contributed by atoms with Crippen LogP contribution in [0.15, 0.2) is 40.2 Å². The predicted molar refractivity (Wildman–Crippen MR) is 74.3 cm³/mol. The second-order valence-electron chi connectivity index (χ2n) is 3.74. The molecule has 0 aliphatic heterocycles. The summed E-state index contributed by atoms with van der Waals surface area (Å²) in [6.45, 7) is 0. The van der Waals surface area contributed by atoms with Crippen LogP contribution in [-0.4, -0.2) is 13.4 Å². The molecule has 1 aromatic carbocycles. The lowest BCUT2D eigenvalue weighted by Gasteiger charge is -2.09. The maximum atomic E-state index is 12.9. The van der Waals surface area contributed by atoms with Gasteiger partial charge in [0.1, 0.15) is 15.7 Å². The topological polar surface area (TPSA) is 79.0 Å². The quantitative estimate of drug-likeness (QED) is 0.904. The minimum atomic E-state index is -4.00. The maximum Gasteiger partial charge on any atom is 0.266 e. The molecule has 1 aromatic heterocycles. The molecule has 2 N–H and O–H groups in total. The van der Waals surface area contributed by atoms with Crippen LogP contribution < -0.4 is 10.3 Å².